The fourth-order valence-corrected chi connectivity index (χ4v) is 4.49. The summed E-state index contributed by atoms with van der Waals surface area (Å²) in [6, 6.07) is 10.3. The molecular weight excluding hydrogens is 418 g/mol. The third-order valence-electron chi connectivity index (χ3n) is 6.12. The number of carbonyl (C=O) groups is 1. The second kappa shape index (κ2) is 9.72. The first-order chi connectivity index (χ1) is 16.1. The number of hydrogen-bond donors (Lipinski definition) is 0. The van der Waals surface area contributed by atoms with Crippen LogP contribution in [0, 0.1) is 0 Å². The predicted octanol–water partition coefficient (Wildman–Crippen LogP) is 2.18. The number of carbonyl (C=O) groups excluding carboxylic acids is 1. The Hall–Kier alpha value is -3.23. The summed E-state index contributed by atoms with van der Waals surface area (Å²) in [5.41, 5.74) is 4.54. The summed E-state index contributed by atoms with van der Waals surface area (Å²) < 4.78 is 13.7. The fourth-order valence-electron chi connectivity index (χ4n) is 4.49. The van der Waals surface area contributed by atoms with Crippen LogP contribution < -0.4 is 4.74 Å². The SMILES string of the molecule is Cn1cc(CN2C[C@@H](OCc3ccncc3)CN(Cc3ccc4c(c3)CCO4)CC2=O)cn1. The molecule has 33 heavy (non-hydrogen) atoms. The highest BCUT2D eigenvalue weighted by molar-refractivity contribution is 5.78. The molecule has 0 aliphatic carbocycles. The van der Waals surface area contributed by atoms with Gasteiger partial charge in [0.2, 0.25) is 5.91 Å². The Morgan fingerprint density at radius 3 is 2.79 bits per heavy atom. The van der Waals surface area contributed by atoms with Gasteiger partial charge in [-0.1, -0.05) is 12.1 Å². The number of amides is 1. The maximum absolute atomic E-state index is 13.2. The lowest BCUT2D eigenvalue weighted by atomic mass is 10.1. The third kappa shape index (κ3) is 5.40. The van der Waals surface area contributed by atoms with E-state index in [9.17, 15) is 4.79 Å². The number of nitrogens with zero attached hydrogens (tertiary/aromatic N) is 5. The van der Waals surface area contributed by atoms with E-state index in [-0.39, 0.29) is 12.0 Å². The van der Waals surface area contributed by atoms with Crippen molar-refractivity contribution in [1.29, 1.82) is 0 Å². The van der Waals surface area contributed by atoms with Crippen LogP contribution in [0.1, 0.15) is 22.3 Å². The Balaban J connectivity index is 1.31. The first-order valence-corrected chi connectivity index (χ1v) is 11.3. The molecule has 0 bridgehead atoms. The van der Waals surface area contributed by atoms with E-state index in [2.05, 4.69) is 27.1 Å². The summed E-state index contributed by atoms with van der Waals surface area (Å²) in [5, 5.41) is 4.25. The Morgan fingerprint density at radius 2 is 1.97 bits per heavy atom. The molecular formula is C25H29N5O3. The molecule has 1 amide bonds. The molecule has 1 fully saturated rings. The van der Waals surface area contributed by atoms with Gasteiger partial charge in [-0.05, 0) is 34.9 Å². The minimum Gasteiger partial charge on any atom is -0.493 e. The van der Waals surface area contributed by atoms with Crippen LogP contribution in [-0.2, 0) is 42.7 Å². The normalized spacial score (nSPS) is 18.8. The van der Waals surface area contributed by atoms with Gasteiger partial charge in [0.05, 0.1) is 32.1 Å². The lowest BCUT2D eigenvalue weighted by Gasteiger charge is -2.25. The van der Waals surface area contributed by atoms with E-state index in [4.69, 9.17) is 9.47 Å². The molecule has 8 heteroatoms. The number of aryl methyl sites for hydroxylation is 1. The summed E-state index contributed by atoms with van der Waals surface area (Å²) in [6.07, 6.45) is 8.16. The van der Waals surface area contributed by atoms with Crippen LogP contribution in [-0.4, -0.2) is 62.8 Å². The standard InChI is InChI=1S/C25H29N5O3/c1-28-12-21(11-27-28)14-30-16-23(33-18-19-4-7-26-8-5-19)15-29(17-25(30)31)13-20-2-3-24-22(10-20)6-9-32-24/h2-5,7-8,10-12,23H,6,9,13-18H2,1H3/t23-/m0/s1. The molecule has 172 valence electrons. The number of hydrogen-bond acceptors (Lipinski definition) is 6. The van der Waals surface area contributed by atoms with E-state index < -0.39 is 0 Å². The number of aromatic nitrogens is 3. The zero-order valence-electron chi connectivity index (χ0n) is 18.9. The summed E-state index contributed by atoms with van der Waals surface area (Å²) in [5.74, 6) is 1.09. The summed E-state index contributed by atoms with van der Waals surface area (Å²) in [4.78, 5) is 21.4. The van der Waals surface area contributed by atoms with Crippen molar-refractivity contribution >= 4 is 5.91 Å². The number of pyridine rings is 1. The molecule has 2 aliphatic heterocycles. The number of fused-ring (bicyclic) bond motifs is 1. The van der Waals surface area contributed by atoms with E-state index in [0.29, 0.717) is 39.3 Å². The topological polar surface area (TPSA) is 72.7 Å². The smallest absolute Gasteiger partial charge is 0.237 e. The lowest BCUT2D eigenvalue weighted by Crippen LogP contribution is -2.37. The second-order valence-corrected chi connectivity index (χ2v) is 8.80. The Kier molecular flexibility index (Phi) is 6.37. The van der Waals surface area contributed by atoms with Crippen molar-refractivity contribution in [1.82, 2.24) is 24.6 Å². The Bertz CT molecular complexity index is 1100. The average molecular weight is 448 g/mol. The molecule has 0 unspecified atom stereocenters. The molecule has 1 aromatic carbocycles. The van der Waals surface area contributed by atoms with Gasteiger partial charge in [-0.2, -0.15) is 5.10 Å². The molecule has 2 aromatic heterocycles. The largest absolute Gasteiger partial charge is 0.493 e. The highest BCUT2D eigenvalue weighted by Gasteiger charge is 2.29. The van der Waals surface area contributed by atoms with Crippen LogP contribution in [0.4, 0.5) is 0 Å². The van der Waals surface area contributed by atoms with Crippen molar-refractivity contribution < 1.29 is 14.3 Å². The summed E-state index contributed by atoms with van der Waals surface area (Å²) >= 11 is 0. The molecule has 1 atom stereocenters. The summed E-state index contributed by atoms with van der Waals surface area (Å²) in [6.45, 7) is 4.08. The monoisotopic (exact) mass is 447 g/mol. The zero-order chi connectivity index (χ0) is 22.6. The molecule has 0 N–H and O–H groups in total. The Morgan fingerprint density at radius 1 is 1.09 bits per heavy atom. The van der Waals surface area contributed by atoms with Crippen molar-refractivity contribution in [2.24, 2.45) is 7.05 Å². The molecule has 3 aromatic rings. The van der Waals surface area contributed by atoms with Crippen LogP contribution in [0.3, 0.4) is 0 Å². The minimum atomic E-state index is -0.0981. The maximum atomic E-state index is 13.2. The van der Waals surface area contributed by atoms with Crippen molar-refractivity contribution in [2.45, 2.75) is 32.2 Å². The second-order valence-electron chi connectivity index (χ2n) is 8.80. The van der Waals surface area contributed by atoms with Gasteiger partial charge >= 0.3 is 0 Å². The van der Waals surface area contributed by atoms with E-state index in [0.717, 1.165) is 29.9 Å². The van der Waals surface area contributed by atoms with Crippen LogP contribution in [0.2, 0.25) is 0 Å². The van der Waals surface area contributed by atoms with Gasteiger partial charge in [0.25, 0.3) is 0 Å². The van der Waals surface area contributed by atoms with Crippen molar-refractivity contribution in [3.05, 3.63) is 77.4 Å². The van der Waals surface area contributed by atoms with Crippen LogP contribution in [0.5, 0.6) is 5.75 Å². The molecule has 0 radical (unpaired) electrons. The van der Waals surface area contributed by atoms with Gasteiger partial charge in [0.1, 0.15) is 5.75 Å². The van der Waals surface area contributed by atoms with E-state index in [1.54, 1.807) is 17.1 Å². The fraction of sp³-hybridized carbons (Fsp3) is 0.400. The number of benzene rings is 1. The first-order valence-electron chi connectivity index (χ1n) is 11.3. The van der Waals surface area contributed by atoms with Crippen molar-refractivity contribution in [3.8, 4) is 5.75 Å². The van der Waals surface area contributed by atoms with Crippen LogP contribution in [0.15, 0.2) is 55.1 Å². The quantitative estimate of drug-likeness (QED) is 0.553. The van der Waals surface area contributed by atoms with Crippen LogP contribution >= 0.6 is 0 Å². The highest BCUT2D eigenvalue weighted by Crippen LogP contribution is 2.26. The first kappa shape index (κ1) is 21.6. The highest BCUT2D eigenvalue weighted by atomic mass is 16.5. The molecule has 0 saturated carbocycles. The number of rotatable bonds is 7. The third-order valence-corrected chi connectivity index (χ3v) is 6.12. The van der Waals surface area contributed by atoms with Gasteiger partial charge in [0, 0.05) is 63.8 Å². The lowest BCUT2D eigenvalue weighted by molar-refractivity contribution is -0.132. The molecule has 0 spiro atoms. The molecule has 1 saturated heterocycles. The average Bonchev–Trinajstić information content (AvgIpc) is 3.42. The van der Waals surface area contributed by atoms with Gasteiger partial charge in [-0.25, -0.2) is 0 Å². The predicted molar refractivity (Wildman–Crippen MR) is 122 cm³/mol. The van der Waals surface area contributed by atoms with Gasteiger partial charge in [-0.15, -0.1) is 0 Å². The number of ether oxygens (including phenoxy) is 2. The zero-order valence-corrected chi connectivity index (χ0v) is 18.9. The van der Waals surface area contributed by atoms with E-state index >= 15 is 0 Å². The van der Waals surface area contributed by atoms with Crippen molar-refractivity contribution in [3.63, 3.8) is 0 Å². The van der Waals surface area contributed by atoms with E-state index in [1.807, 2.05) is 42.5 Å². The van der Waals surface area contributed by atoms with Gasteiger partial charge in [0.15, 0.2) is 0 Å². The molecule has 2 aliphatic rings. The molecule has 8 nitrogen and oxygen atoms in total. The minimum absolute atomic E-state index is 0.0981. The van der Waals surface area contributed by atoms with Gasteiger partial charge in [-0.3, -0.25) is 19.4 Å². The van der Waals surface area contributed by atoms with Crippen LogP contribution in [0.25, 0.3) is 0 Å². The Labute approximate surface area is 193 Å². The molecule has 4 heterocycles. The van der Waals surface area contributed by atoms with E-state index in [1.165, 1.54) is 11.1 Å². The van der Waals surface area contributed by atoms with Crippen molar-refractivity contribution in [2.75, 3.05) is 26.2 Å². The van der Waals surface area contributed by atoms with Gasteiger partial charge < -0.3 is 14.4 Å². The summed E-state index contributed by atoms with van der Waals surface area (Å²) in [7, 11) is 1.89. The molecule has 5 rings (SSSR count). The maximum Gasteiger partial charge on any atom is 0.237 e.